The van der Waals surface area contributed by atoms with Gasteiger partial charge in [-0.25, -0.2) is 12.6 Å². The van der Waals surface area contributed by atoms with Crippen LogP contribution in [0, 0.1) is 5.41 Å². The molecule has 0 aliphatic rings. The Balaban J connectivity index is 4.73. The molecule has 0 fully saturated rings. The van der Waals surface area contributed by atoms with Crippen LogP contribution in [0.5, 0.6) is 0 Å². The molecular formula is C6H14N2O7S2. The highest BCUT2D eigenvalue weighted by atomic mass is 32.2. The van der Waals surface area contributed by atoms with Crippen LogP contribution in [-0.2, 0) is 25.8 Å². The molecule has 0 aromatic rings. The molecule has 2 atom stereocenters. The molecule has 0 radical (unpaired) electrons. The second-order valence-electron chi connectivity index (χ2n) is 3.00. The van der Waals surface area contributed by atoms with Crippen LogP contribution in [0.25, 0.3) is 0 Å². The molecule has 0 saturated carbocycles. The van der Waals surface area contributed by atoms with Gasteiger partial charge in [0, 0.05) is 5.71 Å². The Hall–Kier alpha value is -0.430. The van der Waals surface area contributed by atoms with Crippen LogP contribution in [0.2, 0.25) is 0 Å². The van der Waals surface area contributed by atoms with Gasteiger partial charge in [-0.05, 0) is 0 Å². The van der Waals surface area contributed by atoms with Gasteiger partial charge in [-0.1, -0.05) is 0 Å². The third-order valence-electron chi connectivity index (χ3n) is 1.54. The van der Waals surface area contributed by atoms with Gasteiger partial charge < -0.3 is 24.9 Å². The van der Waals surface area contributed by atoms with Gasteiger partial charge in [-0.3, -0.25) is 0 Å². The van der Waals surface area contributed by atoms with Crippen molar-refractivity contribution in [2.24, 2.45) is 0 Å². The van der Waals surface area contributed by atoms with Gasteiger partial charge in [-0.2, -0.15) is 0 Å². The molecule has 0 heterocycles. The van der Waals surface area contributed by atoms with Gasteiger partial charge in [0.05, 0.1) is 18.6 Å². The summed E-state index contributed by atoms with van der Waals surface area (Å²) in [7, 11) is -3.89. The van der Waals surface area contributed by atoms with Gasteiger partial charge in [0.15, 0.2) is 11.1 Å². The predicted molar refractivity (Wildman–Crippen MR) is 59.1 cm³/mol. The van der Waals surface area contributed by atoms with Crippen molar-refractivity contribution in [2.45, 2.75) is 6.41 Å². The van der Waals surface area contributed by atoms with Gasteiger partial charge in [0.1, 0.15) is 6.79 Å². The smallest absolute Gasteiger partial charge is 0.231 e. The Bertz CT molecular complexity index is 382. The second-order valence-corrected chi connectivity index (χ2v) is 5.87. The van der Waals surface area contributed by atoms with Crippen molar-refractivity contribution in [3.63, 3.8) is 0 Å². The van der Waals surface area contributed by atoms with E-state index in [1.165, 1.54) is 0 Å². The zero-order chi connectivity index (χ0) is 13.6. The second kappa shape index (κ2) is 7.10. The number of hydrogen-bond donors (Lipinski definition) is 4. The number of rotatable bonds is 8. The number of aliphatic hydroxyl groups excluding tert-OH is 2. The zero-order valence-corrected chi connectivity index (χ0v) is 10.6. The number of sulfonamides is 1. The van der Waals surface area contributed by atoms with Crippen LogP contribution in [0.3, 0.4) is 0 Å². The van der Waals surface area contributed by atoms with Crippen molar-refractivity contribution >= 4 is 26.8 Å². The summed E-state index contributed by atoms with van der Waals surface area (Å²) in [5, 5.41) is 24.9. The van der Waals surface area contributed by atoms with Crippen LogP contribution in [0.1, 0.15) is 0 Å². The van der Waals surface area contributed by atoms with E-state index >= 15 is 0 Å². The highest BCUT2D eigenvalue weighted by Crippen LogP contribution is 2.05. The quantitative estimate of drug-likeness (QED) is 0.224. The van der Waals surface area contributed by atoms with Gasteiger partial charge in [-0.15, -0.1) is 4.31 Å². The average Bonchev–Trinajstić information content (AvgIpc) is 2.11. The topological polar surface area (TPSA) is 148 Å². The molecule has 4 N–H and O–H groups in total. The first-order chi connectivity index (χ1) is 7.68. The van der Waals surface area contributed by atoms with Crippen molar-refractivity contribution in [2.75, 3.05) is 25.3 Å². The number of nitrogens with zero attached hydrogens (tertiary/aromatic N) is 1. The van der Waals surface area contributed by atoms with E-state index in [0.29, 0.717) is 4.31 Å². The summed E-state index contributed by atoms with van der Waals surface area (Å²) in [5.74, 6) is -0.544. The molecule has 102 valence electrons. The minimum Gasteiger partial charge on any atom is -0.370 e. The first kappa shape index (κ1) is 16.6. The Morgan fingerprint density at radius 2 is 2.12 bits per heavy atom. The van der Waals surface area contributed by atoms with Crippen molar-refractivity contribution in [3.05, 3.63) is 0 Å². The van der Waals surface area contributed by atoms with E-state index in [-0.39, 0.29) is 5.71 Å². The lowest BCUT2D eigenvalue weighted by Gasteiger charge is -2.24. The third-order valence-corrected chi connectivity index (χ3v) is 3.30. The monoisotopic (exact) mass is 290 g/mol. The fourth-order valence-corrected chi connectivity index (χ4v) is 2.06. The first-order valence-corrected chi connectivity index (χ1v) is 7.32. The molecule has 17 heavy (non-hydrogen) atoms. The average molecular weight is 290 g/mol. The largest absolute Gasteiger partial charge is 0.370 e. The number of ether oxygens (including phenoxy) is 1. The molecule has 0 spiro atoms. The number of aliphatic hydroxyl groups is 2. The van der Waals surface area contributed by atoms with Crippen LogP contribution in [0.4, 0.5) is 0 Å². The molecule has 0 saturated heterocycles. The van der Waals surface area contributed by atoms with E-state index in [1.807, 2.05) is 0 Å². The Morgan fingerprint density at radius 3 is 2.47 bits per heavy atom. The van der Waals surface area contributed by atoms with Crippen molar-refractivity contribution in [1.82, 2.24) is 4.31 Å². The summed E-state index contributed by atoms with van der Waals surface area (Å²) in [4.78, 5) is 0. The fraction of sp³-hybridized carbons (Fsp3) is 0.833. The highest BCUT2D eigenvalue weighted by molar-refractivity contribution is 7.88. The van der Waals surface area contributed by atoms with E-state index < -0.39 is 46.6 Å². The van der Waals surface area contributed by atoms with Crippen molar-refractivity contribution in [3.8, 4) is 0 Å². The van der Waals surface area contributed by atoms with Crippen molar-refractivity contribution in [1.29, 1.82) is 5.41 Å². The Kier molecular flexibility index (Phi) is 6.92. The molecule has 0 amide bonds. The summed E-state index contributed by atoms with van der Waals surface area (Å²) < 4.78 is 46.0. The SMILES string of the molecule is CS(=O)(=O)N(CC(=N)CS(=O)O)C(O)OCO. The summed E-state index contributed by atoms with van der Waals surface area (Å²) in [6.07, 6.45) is -1.19. The Labute approximate surface area is 101 Å². The van der Waals surface area contributed by atoms with Crippen LogP contribution in [0.15, 0.2) is 0 Å². The molecule has 0 aliphatic carbocycles. The molecule has 9 nitrogen and oxygen atoms in total. The molecule has 0 aromatic heterocycles. The maximum absolute atomic E-state index is 11.2. The standard InChI is InChI=1S/C6H14N2O7S2/c1-17(13,14)8(6(10)15-4-9)2-5(7)3-16(11)12/h6-7,9-10H,2-4H2,1H3,(H,11,12). The van der Waals surface area contributed by atoms with E-state index in [1.54, 1.807) is 0 Å². The van der Waals surface area contributed by atoms with Gasteiger partial charge >= 0.3 is 0 Å². The summed E-state index contributed by atoms with van der Waals surface area (Å²) in [6.45, 7) is -1.52. The molecule has 0 bridgehead atoms. The molecular weight excluding hydrogens is 276 g/mol. The molecule has 0 aromatic carbocycles. The van der Waals surface area contributed by atoms with E-state index in [2.05, 4.69) is 4.74 Å². The minimum atomic E-state index is -3.89. The lowest BCUT2D eigenvalue weighted by Crippen LogP contribution is -2.45. The predicted octanol–water partition coefficient (Wildman–Crippen LogP) is -2.27. The number of nitrogens with one attached hydrogen (secondary N) is 1. The molecule has 2 unspecified atom stereocenters. The molecule has 0 aliphatic heterocycles. The third kappa shape index (κ3) is 6.78. The maximum atomic E-state index is 11.2. The van der Waals surface area contributed by atoms with Crippen LogP contribution >= 0.6 is 0 Å². The lowest BCUT2D eigenvalue weighted by molar-refractivity contribution is -0.197. The molecule has 0 rings (SSSR count). The summed E-state index contributed by atoms with van der Waals surface area (Å²) in [6, 6.07) is 0. The van der Waals surface area contributed by atoms with Gasteiger partial charge in [0.25, 0.3) is 0 Å². The van der Waals surface area contributed by atoms with E-state index in [0.717, 1.165) is 6.26 Å². The van der Waals surface area contributed by atoms with Crippen LogP contribution < -0.4 is 0 Å². The van der Waals surface area contributed by atoms with E-state index in [4.69, 9.17) is 15.1 Å². The minimum absolute atomic E-state index is 0.373. The molecule has 11 heteroatoms. The van der Waals surface area contributed by atoms with E-state index in [9.17, 15) is 17.7 Å². The summed E-state index contributed by atoms with van der Waals surface area (Å²) >= 11 is -2.27. The van der Waals surface area contributed by atoms with Gasteiger partial charge in [0.2, 0.25) is 16.4 Å². The van der Waals surface area contributed by atoms with Crippen molar-refractivity contribution < 1.29 is 32.1 Å². The highest BCUT2D eigenvalue weighted by Gasteiger charge is 2.27. The summed E-state index contributed by atoms with van der Waals surface area (Å²) in [5.41, 5.74) is -0.378. The lowest BCUT2D eigenvalue weighted by atomic mass is 10.4. The van der Waals surface area contributed by atoms with Crippen LogP contribution in [-0.4, -0.2) is 69.2 Å². The zero-order valence-electron chi connectivity index (χ0n) is 8.94. The maximum Gasteiger partial charge on any atom is 0.231 e. The fourth-order valence-electron chi connectivity index (χ4n) is 0.892. The first-order valence-electron chi connectivity index (χ1n) is 4.19. The normalized spacial score (nSPS) is 15.8. The Morgan fingerprint density at radius 1 is 1.59 bits per heavy atom. The number of hydrogen-bond acceptors (Lipinski definition) is 7.